The summed E-state index contributed by atoms with van der Waals surface area (Å²) < 4.78 is 36.8. The van der Waals surface area contributed by atoms with Crippen molar-refractivity contribution in [2.24, 2.45) is 0 Å². The van der Waals surface area contributed by atoms with Crippen LogP contribution in [-0.2, 0) is 34.6 Å². The van der Waals surface area contributed by atoms with Gasteiger partial charge >= 0.3 is 12.1 Å². The Balaban J connectivity index is 1.90. The first-order valence-corrected chi connectivity index (χ1v) is 15.6. The van der Waals surface area contributed by atoms with E-state index in [1.54, 1.807) is 20.8 Å². The molecule has 0 aliphatic rings. The van der Waals surface area contributed by atoms with E-state index in [1.807, 2.05) is 91.0 Å². The Labute approximate surface area is 258 Å². The zero-order valence-corrected chi connectivity index (χ0v) is 26.1. The zero-order chi connectivity index (χ0) is 32.2. The molecule has 3 aromatic rings. The molecule has 3 N–H and O–H groups in total. The maximum Gasteiger partial charge on any atom is 0.408 e. The van der Waals surface area contributed by atoms with Crippen LogP contribution in [0.3, 0.4) is 0 Å². The number of methoxy groups -OCH3 is 1. The average Bonchev–Trinajstić information content (AvgIpc) is 3.00. The Morgan fingerprint density at radius 2 is 1.30 bits per heavy atom. The van der Waals surface area contributed by atoms with Gasteiger partial charge in [0.2, 0.25) is 15.9 Å². The number of nitrogens with one attached hydrogen (secondary N) is 3. The van der Waals surface area contributed by atoms with Crippen molar-refractivity contribution in [3.63, 3.8) is 0 Å². The van der Waals surface area contributed by atoms with Crippen LogP contribution in [0.2, 0.25) is 0 Å². The largest absolute Gasteiger partial charge is 0.468 e. The van der Waals surface area contributed by atoms with Gasteiger partial charge in [0.15, 0.2) is 0 Å². The highest BCUT2D eigenvalue weighted by atomic mass is 32.2. The molecule has 0 saturated carbocycles. The normalized spacial score (nSPS) is 12.7. The summed E-state index contributed by atoms with van der Waals surface area (Å²) in [5, 5.41) is 6.70. The lowest BCUT2D eigenvalue weighted by molar-refractivity contribution is -0.139. The standard InChI is InChI=1S/C33H39N3O7S/c1-32(2,3)43-31(39)35-28(22-23-44(40,41)34-24-30(38)42-4)20-21-29(37)36-33(25-14-8-5-9-15-25,26-16-10-6-11-17-26)27-18-12-7-13-19-27/h5-19,22-23,28,34H,20-21,24H2,1-4H3,(H,35,39)(H,36,37)/b23-22+/t28-/m0/s1. The second kappa shape index (κ2) is 15.3. The van der Waals surface area contributed by atoms with Gasteiger partial charge in [0.25, 0.3) is 0 Å². The Morgan fingerprint density at radius 1 is 0.818 bits per heavy atom. The number of esters is 1. The summed E-state index contributed by atoms with van der Waals surface area (Å²) in [7, 11) is -2.91. The van der Waals surface area contributed by atoms with Crippen molar-refractivity contribution in [3.8, 4) is 0 Å². The van der Waals surface area contributed by atoms with Crippen LogP contribution >= 0.6 is 0 Å². The van der Waals surface area contributed by atoms with Gasteiger partial charge in [0.05, 0.1) is 13.2 Å². The fraction of sp³-hybridized carbons (Fsp3) is 0.303. The van der Waals surface area contributed by atoms with E-state index in [0.717, 1.165) is 29.2 Å². The first kappa shape index (κ1) is 34.0. The molecule has 0 spiro atoms. The Morgan fingerprint density at radius 3 is 1.73 bits per heavy atom. The highest BCUT2D eigenvalue weighted by Crippen LogP contribution is 2.37. The van der Waals surface area contributed by atoms with E-state index in [0.29, 0.717) is 0 Å². The maximum absolute atomic E-state index is 13.7. The first-order valence-electron chi connectivity index (χ1n) is 14.1. The second-order valence-corrected chi connectivity index (χ2v) is 12.6. The number of ether oxygens (including phenoxy) is 2. The molecule has 234 valence electrons. The van der Waals surface area contributed by atoms with Gasteiger partial charge in [-0.25, -0.2) is 17.9 Å². The molecule has 0 heterocycles. The number of amides is 2. The molecule has 0 radical (unpaired) electrons. The van der Waals surface area contributed by atoms with E-state index >= 15 is 0 Å². The molecule has 10 nitrogen and oxygen atoms in total. The van der Waals surface area contributed by atoms with E-state index in [2.05, 4.69) is 20.1 Å². The first-order chi connectivity index (χ1) is 20.8. The summed E-state index contributed by atoms with van der Waals surface area (Å²) in [6, 6.07) is 27.9. The number of carbonyl (C=O) groups excluding carboxylic acids is 3. The molecule has 0 saturated heterocycles. The van der Waals surface area contributed by atoms with Crippen LogP contribution in [0.4, 0.5) is 4.79 Å². The number of sulfonamides is 1. The van der Waals surface area contributed by atoms with Gasteiger partial charge in [-0.3, -0.25) is 9.59 Å². The van der Waals surface area contributed by atoms with Crippen LogP contribution in [0.15, 0.2) is 102 Å². The Bertz CT molecular complexity index is 1430. The summed E-state index contributed by atoms with van der Waals surface area (Å²) in [4.78, 5) is 37.7. The van der Waals surface area contributed by atoms with Crippen LogP contribution in [-0.4, -0.2) is 51.7 Å². The van der Waals surface area contributed by atoms with Gasteiger partial charge < -0.3 is 20.1 Å². The molecule has 0 aliphatic heterocycles. The lowest BCUT2D eigenvalue weighted by Crippen LogP contribution is -2.48. The second-order valence-electron chi connectivity index (χ2n) is 11.0. The van der Waals surface area contributed by atoms with E-state index in [1.165, 1.54) is 6.08 Å². The van der Waals surface area contributed by atoms with Gasteiger partial charge in [-0.05, 0) is 50.0 Å². The summed E-state index contributed by atoms with van der Waals surface area (Å²) in [5.41, 5.74) is 0.696. The van der Waals surface area contributed by atoms with Crippen LogP contribution in [0, 0.1) is 0 Å². The van der Waals surface area contributed by atoms with Crippen molar-refractivity contribution in [3.05, 3.63) is 119 Å². The zero-order valence-electron chi connectivity index (χ0n) is 25.3. The topological polar surface area (TPSA) is 140 Å². The lowest BCUT2D eigenvalue weighted by atomic mass is 9.77. The van der Waals surface area contributed by atoms with Crippen molar-refractivity contribution in [2.75, 3.05) is 13.7 Å². The number of alkyl carbamates (subject to hydrolysis) is 1. The van der Waals surface area contributed by atoms with Gasteiger partial charge in [-0.15, -0.1) is 0 Å². The minimum atomic E-state index is -4.05. The number of rotatable bonds is 13. The van der Waals surface area contributed by atoms with E-state index in [4.69, 9.17) is 4.74 Å². The quantitative estimate of drug-likeness (QED) is 0.190. The van der Waals surface area contributed by atoms with E-state index < -0.39 is 45.8 Å². The van der Waals surface area contributed by atoms with Crippen molar-refractivity contribution in [2.45, 2.75) is 50.8 Å². The molecule has 0 unspecified atom stereocenters. The number of hydrogen-bond donors (Lipinski definition) is 3. The monoisotopic (exact) mass is 621 g/mol. The molecule has 0 aromatic heterocycles. The molecule has 44 heavy (non-hydrogen) atoms. The molecule has 3 aromatic carbocycles. The van der Waals surface area contributed by atoms with Crippen LogP contribution in [0.25, 0.3) is 0 Å². The predicted octanol–water partition coefficient (Wildman–Crippen LogP) is 4.37. The van der Waals surface area contributed by atoms with Gasteiger partial charge in [-0.1, -0.05) is 91.0 Å². The van der Waals surface area contributed by atoms with Crippen molar-refractivity contribution >= 4 is 28.0 Å². The summed E-state index contributed by atoms with van der Waals surface area (Å²) in [6.45, 7) is 4.53. The third-order valence-corrected chi connectivity index (χ3v) is 7.53. The fourth-order valence-electron chi connectivity index (χ4n) is 4.49. The van der Waals surface area contributed by atoms with Crippen LogP contribution in [0.1, 0.15) is 50.3 Å². The highest BCUT2D eigenvalue weighted by Gasteiger charge is 2.37. The third kappa shape index (κ3) is 10.1. The smallest absolute Gasteiger partial charge is 0.408 e. The molecule has 2 amide bonds. The molecular formula is C33H39N3O7S. The SMILES string of the molecule is COC(=O)CNS(=O)(=O)/C=C/[C@H](CCC(=O)NC(c1ccccc1)(c1ccccc1)c1ccccc1)NC(=O)OC(C)(C)C. The molecule has 0 aliphatic carbocycles. The molecule has 3 rings (SSSR count). The van der Waals surface area contributed by atoms with Gasteiger partial charge in [0, 0.05) is 11.8 Å². The Kier molecular flexibility index (Phi) is 11.8. The maximum atomic E-state index is 13.7. The summed E-state index contributed by atoms with van der Waals surface area (Å²) >= 11 is 0. The number of benzene rings is 3. The van der Waals surface area contributed by atoms with Crippen LogP contribution < -0.4 is 15.4 Å². The average molecular weight is 622 g/mol. The molecule has 1 atom stereocenters. The number of hydrogen-bond acceptors (Lipinski definition) is 7. The molecule has 0 bridgehead atoms. The molecule has 0 fully saturated rings. The van der Waals surface area contributed by atoms with E-state index in [9.17, 15) is 22.8 Å². The number of carbonyl (C=O) groups is 3. The third-order valence-electron chi connectivity index (χ3n) is 6.47. The summed E-state index contributed by atoms with van der Waals surface area (Å²) in [5.74, 6) is -1.10. The minimum absolute atomic E-state index is 0.0442. The van der Waals surface area contributed by atoms with Gasteiger partial charge in [-0.2, -0.15) is 0 Å². The predicted molar refractivity (Wildman–Crippen MR) is 168 cm³/mol. The lowest BCUT2D eigenvalue weighted by Gasteiger charge is -2.37. The summed E-state index contributed by atoms with van der Waals surface area (Å²) in [6.07, 6.45) is 0.423. The van der Waals surface area contributed by atoms with Crippen molar-refractivity contribution in [1.29, 1.82) is 0 Å². The van der Waals surface area contributed by atoms with Crippen molar-refractivity contribution in [1.82, 2.24) is 15.4 Å². The molecule has 11 heteroatoms. The Hall–Kier alpha value is -4.48. The van der Waals surface area contributed by atoms with E-state index in [-0.39, 0.29) is 18.7 Å². The van der Waals surface area contributed by atoms with Crippen molar-refractivity contribution < 1.29 is 32.3 Å². The molecular weight excluding hydrogens is 582 g/mol. The van der Waals surface area contributed by atoms with Gasteiger partial charge in [0.1, 0.15) is 17.7 Å². The van der Waals surface area contributed by atoms with Crippen LogP contribution in [0.5, 0.6) is 0 Å². The fourth-order valence-corrected chi connectivity index (χ4v) is 5.30. The highest BCUT2D eigenvalue weighted by molar-refractivity contribution is 7.92. The minimum Gasteiger partial charge on any atom is -0.468 e.